The van der Waals surface area contributed by atoms with Crippen molar-refractivity contribution < 1.29 is 24.2 Å². The maximum Gasteiger partial charge on any atom is 0.410 e. The van der Waals surface area contributed by atoms with Crippen molar-refractivity contribution in [3.8, 4) is 0 Å². The van der Waals surface area contributed by atoms with Gasteiger partial charge in [-0.1, -0.05) is 24.3 Å². The maximum atomic E-state index is 12.8. The number of carbonyl (C=O) groups excluding carboxylic acids is 2. The van der Waals surface area contributed by atoms with Crippen molar-refractivity contribution in [1.82, 2.24) is 4.90 Å². The molecule has 27 heavy (non-hydrogen) atoms. The van der Waals surface area contributed by atoms with E-state index < -0.39 is 17.5 Å². The predicted octanol–water partition coefficient (Wildman–Crippen LogP) is 3.63. The molecule has 1 saturated heterocycles. The third-order valence-electron chi connectivity index (χ3n) is 5.57. The average Bonchev–Trinajstić information content (AvgIpc) is 2.58. The van der Waals surface area contributed by atoms with Gasteiger partial charge < -0.3 is 14.7 Å². The highest BCUT2D eigenvalue weighted by molar-refractivity contribution is 6.02. The molecule has 1 aromatic carbocycles. The van der Waals surface area contributed by atoms with E-state index in [0.717, 1.165) is 5.56 Å². The van der Waals surface area contributed by atoms with Gasteiger partial charge in [0.1, 0.15) is 5.60 Å². The largest absolute Gasteiger partial charge is 0.481 e. The molecule has 1 spiro atoms. The minimum absolute atomic E-state index is 0.0757. The van der Waals surface area contributed by atoms with Crippen molar-refractivity contribution in [3.63, 3.8) is 0 Å². The zero-order chi connectivity index (χ0) is 19.8. The van der Waals surface area contributed by atoms with Crippen molar-refractivity contribution in [3.05, 3.63) is 35.4 Å². The van der Waals surface area contributed by atoms with E-state index in [1.165, 1.54) is 0 Å². The first-order valence-corrected chi connectivity index (χ1v) is 9.45. The van der Waals surface area contributed by atoms with Crippen molar-refractivity contribution in [1.29, 1.82) is 0 Å². The third kappa shape index (κ3) is 3.99. The fraction of sp³-hybridized carbons (Fsp3) is 0.571. The van der Waals surface area contributed by atoms with Gasteiger partial charge in [-0.2, -0.15) is 0 Å². The van der Waals surface area contributed by atoms with E-state index in [-0.39, 0.29) is 23.7 Å². The van der Waals surface area contributed by atoms with Crippen LogP contribution in [0.15, 0.2) is 24.3 Å². The molecule has 1 aliphatic carbocycles. The number of hydrogen-bond acceptors (Lipinski definition) is 4. The standard InChI is InChI=1S/C21H27NO5/c1-20(2,3)27-19(26)22-10-8-21(9-11-22)13-14(12-17(23)24)18(25)15-6-4-5-7-16(15)21/h4-7,14H,8-13H2,1-3H3,(H,23,24). The number of aliphatic carboxylic acids is 1. The summed E-state index contributed by atoms with van der Waals surface area (Å²) in [5, 5.41) is 9.22. The molecule has 3 rings (SSSR count). The van der Waals surface area contributed by atoms with Crippen LogP contribution in [0.4, 0.5) is 4.79 Å². The van der Waals surface area contributed by atoms with Crippen LogP contribution in [0.2, 0.25) is 0 Å². The Balaban J connectivity index is 1.83. The number of benzene rings is 1. The van der Waals surface area contributed by atoms with Crippen LogP contribution in [0.5, 0.6) is 0 Å². The number of rotatable bonds is 2. The van der Waals surface area contributed by atoms with Gasteiger partial charge in [0.15, 0.2) is 5.78 Å². The SMILES string of the molecule is CC(C)(C)OC(=O)N1CCC2(CC1)CC(CC(=O)O)C(=O)c1ccccc12. The number of ketones is 1. The van der Waals surface area contributed by atoms with E-state index in [1.807, 2.05) is 39.0 Å². The zero-order valence-electron chi connectivity index (χ0n) is 16.2. The molecule has 146 valence electrons. The molecule has 2 aliphatic rings. The zero-order valence-corrected chi connectivity index (χ0v) is 16.2. The summed E-state index contributed by atoms with van der Waals surface area (Å²) < 4.78 is 5.47. The van der Waals surface area contributed by atoms with Crippen LogP contribution in [0.25, 0.3) is 0 Å². The minimum Gasteiger partial charge on any atom is -0.481 e. The van der Waals surface area contributed by atoms with Crippen molar-refractivity contribution in [2.75, 3.05) is 13.1 Å². The summed E-state index contributed by atoms with van der Waals surface area (Å²) in [6.45, 7) is 6.61. The van der Waals surface area contributed by atoms with Gasteiger partial charge in [-0.25, -0.2) is 4.79 Å². The van der Waals surface area contributed by atoms with Crippen molar-refractivity contribution in [2.45, 2.75) is 57.5 Å². The highest BCUT2D eigenvalue weighted by Crippen LogP contribution is 2.47. The summed E-state index contributed by atoms with van der Waals surface area (Å²) in [6.07, 6.45) is 1.46. The van der Waals surface area contributed by atoms with Crippen LogP contribution in [-0.4, -0.2) is 46.5 Å². The molecule has 1 atom stereocenters. The number of likely N-dealkylation sites (tertiary alicyclic amines) is 1. The van der Waals surface area contributed by atoms with Gasteiger partial charge in [0.2, 0.25) is 0 Å². The van der Waals surface area contributed by atoms with Crippen LogP contribution in [0, 0.1) is 5.92 Å². The fourth-order valence-electron chi connectivity index (χ4n) is 4.35. The Bertz CT molecular complexity index is 756. The average molecular weight is 373 g/mol. The number of Topliss-reactive ketones (excluding diaryl/α,β-unsaturated/α-hetero) is 1. The molecule has 6 nitrogen and oxygen atoms in total. The van der Waals surface area contributed by atoms with Gasteiger partial charge in [0.25, 0.3) is 0 Å². The van der Waals surface area contributed by atoms with Crippen molar-refractivity contribution >= 4 is 17.8 Å². The number of fused-ring (bicyclic) bond motifs is 2. The monoisotopic (exact) mass is 373 g/mol. The van der Waals surface area contributed by atoms with E-state index >= 15 is 0 Å². The first-order chi connectivity index (χ1) is 12.6. The lowest BCUT2D eigenvalue weighted by atomic mass is 9.61. The van der Waals surface area contributed by atoms with Crippen LogP contribution < -0.4 is 0 Å². The number of piperidine rings is 1. The lowest BCUT2D eigenvalue weighted by molar-refractivity contribution is -0.138. The second kappa shape index (κ2) is 6.98. The number of carboxylic acids is 1. The Morgan fingerprint density at radius 1 is 1.22 bits per heavy atom. The molecule has 1 amide bonds. The number of ether oxygens (including phenoxy) is 1. The molecule has 0 bridgehead atoms. The van der Waals surface area contributed by atoms with Crippen molar-refractivity contribution in [2.24, 2.45) is 5.92 Å². The van der Waals surface area contributed by atoms with Gasteiger partial charge >= 0.3 is 12.1 Å². The number of hydrogen-bond donors (Lipinski definition) is 1. The highest BCUT2D eigenvalue weighted by Gasteiger charge is 2.46. The van der Waals surface area contributed by atoms with E-state index in [0.29, 0.717) is 37.9 Å². The summed E-state index contributed by atoms with van der Waals surface area (Å²) in [4.78, 5) is 38.1. The molecule has 0 saturated carbocycles. The smallest absolute Gasteiger partial charge is 0.410 e. The van der Waals surface area contributed by atoms with Crippen LogP contribution >= 0.6 is 0 Å². The molecule has 1 aromatic rings. The third-order valence-corrected chi connectivity index (χ3v) is 5.57. The Labute approximate surface area is 159 Å². The molecule has 1 N–H and O–H groups in total. The molecule has 1 heterocycles. The highest BCUT2D eigenvalue weighted by atomic mass is 16.6. The Morgan fingerprint density at radius 3 is 2.44 bits per heavy atom. The first kappa shape index (κ1) is 19.4. The molecule has 6 heteroatoms. The molecule has 1 unspecified atom stereocenters. The van der Waals surface area contributed by atoms with E-state index in [1.54, 1.807) is 11.0 Å². The van der Waals surface area contributed by atoms with Gasteiger partial charge in [-0.05, 0) is 45.6 Å². The first-order valence-electron chi connectivity index (χ1n) is 9.45. The van der Waals surface area contributed by atoms with E-state index in [9.17, 15) is 19.5 Å². The lowest BCUT2D eigenvalue weighted by Crippen LogP contribution is -2.50. The number of carbonyl (C=O) groups is 3. The van der Waals surface area contributed by atoms with Crippen LogP contribution in [0.1, 0.15) is 62.4 Å². The second-order valence-corrected chi connectivity index (χ2v) is 8.66. The van der Waals surface area contributed by atoms with Crippen LogP contribution in [-0.2, 0) is 14.9 Å². The van der Waals surface area contributed by atoms with Crippen LogP contribution in [0.3, 0.4) is 0 Å². The number of carboxylic acid groups (broad SMARTS) is 1. The number of amides is 1. The topological polar surface area (TPSA) is 83.9 Å². The Hall–Kier alpha value is -2.37. The molecule has 0 aromatic heterocycles. The molecule has 1 aliphatic heterocycles. The lowest BCUT2D eigenvalue weighted by Gasteiger charge is -2.46. The maximum absolute atomic E-state index is 12.8. The summed E-state index contributed by atoms with van der Waals surface area (Å²) in [6, 6.07) is 7.52. The van der Waals surface area contributed by atoms with Gasteiger partial charge in [0.05, 0.1) is 6.42 Å². The Kier molecular flexibility index (Phi) is 5.02. The summed E-state index contributed by atoms with van der Waals surface area (Å²) in [7, 11) is 0. The summed E-state index contributed by atoms with van der Waals surface area (Å²) >= 11 is 0. The predicted molar refractivity (Wildman–Crippen MR) is 99.9 cm³/mol. The molecule has 0 radical (unpaired) electrons. The van der Waals surface area contributed by atoms with Gasteiger partial charge in [-0.15, -0.1) is 0 Å². The summed E-state index contributed by atoms with van der Waals surface area (Å²) in [5.41, 5.74) is 0.840. The van der Waals surface area contributed by atoms with Gasteiger partial charge in [-0.3, -0.25) is 9.59 Å². The Morgan fingerprint density at radius 2 is 1.85 bits per heavy atom. The summed E-state index contributed by atoms with van der Waals surface area (Å²) in [5.74, 6) is -1.53. The molecule has 1 fully saturated rings. The minimum atomic E-state index is -0.950. The quantitative estimate of drug-likeness (QED) is 0.856. The normalized spacial score (nSPS) is 21.7. The van der Waals surface area contributed by atoms with E-state index in [2.05, 4.69) is 0 Å². The van der Waals surface area contributed by atoms with Gasteiger partial charge in [0, 0.05) is 30.0 Å². The molecular weight excluding hydrogens is 346 g/mol. The molecular formula is C21H27NO5. The number of nitrogens with zero attached hydrogens (tertiary/aromatic N) is 1. The fourth-order valence-corrected chi connectivity index (χ4v) is 4.35. The van der Waals surface area contributed by atoms with E-state index in [4.69, 9.17) is 4.74 Å². The second-order valence-electron chi connectivity index (χ2n) is 8.66.